The van der Waals surface area contributed by atoms with Gasteiger partial charge in [-0.3, -0.25) is 0 Å². The van der Waals surface area contributed by atoms with Crippen molar-refractivity contribution < 1.29 is 9.53 Å². The summed E-state index contributed by atoms with van der Waals surface area (Å²) in [4.78, 5) is 14.9. The molecule has 0 amide bonds. The second-order valence-corrected chi connectivity index (χ2v) is 6.88. The minimum atomic E-state index is -0.915. The van der Waals surface area contributed by atoms with Crippen LogP contribution in [0.3, 0.4) is 0 Å². The predicted octanol–water partition coefficient (Wildman–Crippen LogP) is 4.21. The first-order chi connectivity index (χ1) is 12.6. The standard InChI is InChI=1S/C23H21NO2/c1-24(2)16-17-10-6-8-14-20(17)23(18-11-4-3-5-12-18)21-15-9-7-13-19(21)22(25)26-23/h3-15H,16H2,1-2H3/t23-/m1/s1. The molecule has 0 radical (unpaired) electrons. The first-order valence-corrected chi connectivity index (χ1v) is 8.74. The molecule has 4 rings (SSSR count). The van der Waals surface area contributed by atoms with Gasteiger partial charge < -0.3 is 9.64 Å². The Balaban J connectivity index is 2.04. The molecule has 3 heteroatoms. The summed E-state index contributed by atoms with van der Waals surface area (Å²) < 4.78 is 6.16. The third-order valence-corrected chi connectivity index (χ3v) is 4.84. The van der Waals surface area contributed by atoms with Gasteiger partial charge in [0.05, 0.1) is 5.56 Å². The fourth-order valence-corrected chi connectivity index (χ4v) is 3.80. The summed E-state index contributed by atoms with van der Waals surface area (Å²) in [5.74, 6) is -0.274. The van der Waals surface area contributed by atoms with Gasteiger partial charge >= 0.3 is 5.97 Å². The molecule has 26 heavy (non-hydrogen) atoms. The number of carbonyl (C=O) groups excluding carboxylic acids is 1. The normalized spacial score (nSPS) is 18.7. The number of cyclic esters (lactones) is 1. The highest BCUT2D eigenvalue weighted by molar-refractivity contribution is 5.96. The van der Waals surface area contributed by atoms with Crippen molar-refractivity contribution in [1.29, 1.82) is 0 Å². The molecule has 130 valence electrons. The fraction of sp³-hybridized carbons (Fsp3) is 0.174. The zero-order chi connectivity index (χ0) is 18.1. The number of ether oxygens (including phenoxy) is 1. The van der Waals surface area contributed by atoms with Crippen molar-refractivity contribution in [2.24, 2.45) is 0 Å². The van der Waals surface area contributed by atoms with E-state index >= 15 is 0 Å². The topological polar surface area (TPSA) is 29.5 Å². The zero-order valence-electron chi connectivity index (χ0n) is 15.0. The third-order valence-electron chi connectivity index (χ3n) is 4.84. The molecular weight excluding hydrogens is 322 g/mol. The highest BCUT2D eigenvalue weighted by Gasteiger charge is 2.49. The number of carbonyl (C=O) groups is 1. The number of rotatable bonds is 4. The van der Waals surface area contributed by atoms with Crippen LogP contribution in [-0.2, 0) is 16.9 Å². The molecule has 1 atom stereocenters. The molecular formula is C23H21NO2. The second-order valence-electron chi connectivity index (χ2n) is 6.88. The Morgan fingerprint density at radius 3 is 2.15 bits per heavy atom. The number of esters is 1. The third kappa shape index (κ3) is 2.52. The maximum atomic E-state index is 12.7. The zero-order valence-corrected chi connectivity index (χ0v) is 15.0. The lowest BCUT2D eigenvalue weighted by molar-refractivity contribution is 0.0248. The van der Waals surface area contributed by atoms with Crippen molar-refractivity contribution >= 4 is 5.97 Å². The van der Waals surface area contributed by atoms with E-state index in [1.807, 2.05) is 80.8 Å². The van der Waals surface area contributed by atoms with E-state index in [1.54, 1.807) is 0 Å². The average molecular weight is 343 g/mol. The lowest BCUT2D eigenvalue weighted by atomic mass is 9.78. The first kappa shape index (κ1) is 16.6. The van der Waals surface area contributed by atoms with Crippen LogP contribution in [0.2, 0.25) is 0 Å². The van der Waals surface area contributed by atoms with Gasteiger partial charge in [0.1, 0.15) is 0 Å². The molecule has 1 aliphatic rings. The molecule has 0 unspecified atom stereocenters. The van der Waals surface area contributed by atoms with Gasteiger partial charge in [-0.25, -0.2) is 4.79 Å². The Morgan fingerprint density at radius 1 is 0.808 bits per heavy atom. The molecule has 3 aromatic carbocycles. The van der Waals surface area contributed by atoms with Gasteiger partial charge in [-0.1, -0.05) is 72.8 Å². The highest BCUT2D eigenvalue weighted by Crippen LogP contribution is 2.47. The van der Waals surface area contributed by atoms with Gasteiger partial charge in [-0.2, -0.15) is 0 Å². The Bertz CT molecular complexity index is 949. The van der Waals surface area contributed by atoms with Crippen molar-refractivity contribution in [2.75, 3.05) is 14.1 Å². The van der Waals surface area contributed by atoms with Crippen LogP contribution in [0.25, 0.3) is 0 Å². The average Bonchev–Trinajstić information content (AvgIpc) is 2.96. The first-order valence-electron chi connectivity index (χ1n) is 8.74. The Kier molecular flexibility index (Phi) is 4.09. The van der Waals surface area contributed by atoms with Gasteiger partial charge in [0.25, 0.3) is 0 Å². The van der Waals surface area contributed by atoms with Crippen molar-refractivity contribution in [2.45, 2.75) is 12.1 Å². The molecule has 1 heterocycles. The van der Waals surface area contributed by atoms with Gasteiger partial charge in [0, 0.05) is 23.2 Å². The summed E-state index contributed by atoms with van der Waals surface area (Å²) in [5, 5.41) is 0. The number of hydrogen-bond acceptors (Lipinski definition) is 3. The summed E-state index contributed by atoms with van der Waals surface area (Å²) in [6.45, 7) is 0.768. The van der Waals surface area contributed by atoms with E-state index in [9.17, 15) is 4.79 Å². The van der Waals surface area contributed by atoms with Crippen molar-refractivity contribution in [3.8, 4) is 0 Å². The van der Waals surface area contributed by atoms with Crippen LogP contribution in [0.1, 0.15) is 32.6 Å². The highest BCUT2D eigenvalue weighted by atomic mass is 16.6. The summed E-state index contributed by atoms with van der Waals surface area (Å²) in [5.41, 5.74) is 3.74. The molecule has 0 N–H and O–H groups in total. The second kappa shape index (κ2) is 6.43. The van der Waals surface area contributed by atoms with Crippen LogP contribution in [0.5, 0.6) is 0 Å². The molecule has 0 spiro atoms. The van der Waals surface area contributed by atoms with Crippen molar-refractivity contribution in [3.05, 3.63) is 107 Å². The number of benzene rings is 3. The van der Waals surface area contributed by atoms with E-state index in [-0.39, 0.29) is 5.97 Å². The molecule has 1 aliphatic heterocycles. The van der Waals surface area contributed by atoms with Crippen LogP contribution < -0.4 is 0 Å². The Labute approximate surface area is 153 Å². The van der Waals surface area contributed by atoms with Crippen LogP contribution >= 0.6 is 0 Å². The van der Waals surface area contributed by atoms with Crippen LogP contribution in [0.15, 0.2) is 78.9 Å². The number of nitrogens with zero attached hydrogens (tertiary/aromatic N) is 1. The van der Waals surface area contributed by atoms with Gasteiger partial charge in [0.2, 0.25) is 0 Å². The lowest BCUT2D eigenvalue weighted by Gasteiger charge is -2.32. The van der Waals surface area contributed by atoms with E-state index in [2.05, 4.69) is 17.0 Å². The minimum absolute atomic E-state index is 0.274. The monoisotopic (exact) mass is 343 g/mol. The molecule has 3 nitrogen and oxygen atoms in total. The molecule has 0 bridgehead atoms. The summed E-state index contributed by atoms with van der Waals surface area (Å²) >= 11 is 0. The number of hydrogen-bond donors (Lipinski definition) is 0. The van der Waals surface area contributed by atoms with Gasteiger partial charge in [0.15, 0.2) is 5.60 Å². The van der Waals surface area contributed by atoms with Crippen molar-refractivity contribution in [3.63, 3.8) is 0 Å². The van der Waals surface area contributed by atoms with Crippen LogP contribution in [-0.4, -0.2) is 25.0 Å². The molecule has 3 aromatic rings. The van der Waals surface area contributed by atoms with E-state index in [0.29, 0.717) is 5.56 Å². The summed E-state index contributed by atoms with van der Waals surface area (Å²) in [6.07, 6.45) is 0. The summed E-state index contributed by atoms with van der Waals surface area (Å²) in [7, 11) is 4.08. The predicted molar refractivity (Wildman–Crippen MR) is 102 cm³/mol. The molecule has 0 saturated carbocycles. The summed E-state index contributed by atoms with van der Waals surface area (Å²) in [6, 6.07) is 25.9. The van der Waals surface area contributed by atoms with Gasteiger partial charge in [-0.05, 0) is 25.7 Å². The quantitative estimate of drug-likeness (QED) is 0.665. The van der Waals surface area contributed by atoms with Crippen LogP contribution in [0, 0.1) is 0 Å². The molecule has 0 aromatic heterocycles. The number of fused-ring (bicyclic) bond motifs is 1. The van der Waals surface area contributed by atoms with E-state index in [1.165, 1.54) is 0 Å². The van der Waals surface area contributed by atoms with E-state index in [0.717, 1.165) is 28.8 Å². The SMILES string of the molecule is CN(C)Cc1ccccc1[C@@]1(c2ccccc2)OC(=O)c2ccccc21. The van der Waals surface area contributed by atoms with E-state index < -0.39 is 5.60 Å². The van der Waals surface area contributed by atoms with E-state index in [4.69, 9.17) is 4.74 Å². The van der Waals surface area contributed by atoms with Crippen molar-refractivity contribution in [1.82, 2.24) is 4.90 Å². The maximum absolute atomic E-state index is 12.7. The lowest BCUT2D eigenvalue weighted by Crippen LogP contribution is -2.31. The minimum Gasteiger partial charge on any atom is -0.441 e. The molecule has 0 aliphatic carbocycles. The fourth-order valence-electron chi connectivity index (χ4n) is 3.80. The largest absolute Gasteiger partial charge is 0.441 e. The smallest absolute Gasteiger partial charge is 0.340 e. The Hall–Kier alpha value is -2.91. The molecule has 0 fully saturated rings. The van der Waals surface area contributed by atoms with Gasteiger partial charge in [-0.15, -0.1) is 0 Å². The maximum Gasteiger partial charge on any atom is 0.340 e. The molecule has 0 saturated heterocycles. The Morgan fingerprint density at radius 2 is 1.42 bits per heavy atom. The van der Waals surface area contributed by atoms with Crippen LogP contribution in [0.4, 0.5) is 0 Å².